The van der Waals surface area contributed by atoms with E-state index in [0.29, 0.717) is 26.3 Å². The summed E-state index contributed by atoms with van der Waals surface area (Å²) in [6, 6.07) is 6.00. The maximum atomic E-state index is 13.4. The third kappa shape index (κ3) is 3.87. The molecule has 7 heteroatoms. The molecule has 0 radical (unpaired) electrons. The second-order valence-electron chi connectivity index (χ2n) is 5.21. The number of fused-ring (bicyclic) bond motifs is 1. The van der Waals surface area contributed by atoms with Gasteiger partial charge >= 0.3 is 0 Å². The van der Waals surface area contributed by atoms with Gasteiger partial charge in [-0.1, -0.05) is 12.1 Å². The minimum atomic E-state index is -0.481. The van der Waals surface area contributed by atoms with Gasteiger partial charge in [-0.2, -0.15) is 5.10 Å². The molecule has 23 heavy (non-hydrogen) atoms. The molecular formula is C16H18FN3O3. The number of nitrogens with zero attached hydrogens (tertiary/aromatic N) is 2. The van der Waals surface area contributed by atoms with Gasteiger partial charge in [-0.15, -0.1) is 0 Å². The van der Waals surface area contributed by atoms with E-state index in [1.807, 2.05) is 4.68 Å². The van der Waals surface area contributed by atoms with Gasteiger partial charge in [0, 0.05) is 24.2 Å². The molecule has 0 bridgehead atoms. The Morgan fingerprint density at radius 3 is 3.17 bits per heavy atom. The molecule has 0 spiro atoms. The summed E-state index contributed by atoms with van der Waals surface area (Å²) in [5.41, 5.74) is 2.26. The number of hydrogen-bond donors (Lipinski definition) is 1. The lowest BCUT2D eigenvalue weighted by Crippen LogP contribution is -2.32. The number of amides is 1. The molecule has 0 aliphatic carbocycles. The Hall–Kier alpha value is -2.41. The maximum absolute atomic E-state index is 13.4. The van der Waals surface area contributed by atoms with Crippen LogP contribution in [0.25, 0.3) is 0 Å². The van der Waals surface area contributed by atoms with E-state index >= 15 is 0 Å². The highest BCUT2D eigenvalue weighted by atomic mass is 19.1. The third-order valence-corrected chi connectivity index (χ3v) is 3.62. The summed E-state index contributed by atoms with van der Waals surface area (Å²) in [5, 5.41) is 7.04. The van der Waals surface area contributed by atoms with E-state index in [1.54, 1.807) is 18.3 Å². The first-order chi connectivity index (χ1) is 11.2. The van der Waals surface area contributed by atoms with Crippen molar-refractivity contribution in [1.29, 1.82) is 0 Å². The molecule has 122 valence electrons. The van der Waals surface area contributed by atoms with Gasteiger partial charge in [-0.25, -0.2) is 4.39 Å². The zero-order chi connectivity index (χ0) is 16.1. The number of aromatic nitrogens is 2. The van der Waals surface area contributed by atoms with Crippen LogP contribution < -0.4 is 10.1 Å². The number of carbonyl (C=O) groups excluding carboxylic acids is 1. The van der Waals surface area contributed by atoms with E-state index < -0.39 is 5.82 Å². The topological polar surface area (TPSA) is 65.4 Å². The Bertz CT molecular complexity index is 687. The number of para-hydroxylation sites is 1. The number of hydrogen-bond acceptors (Lipinski definition) is 4. The van der Waals surface area contributed by atoms with Gasteiger partial charge in [0.25, 0.3) is 5.91 Å². The van der Waals surface area contributed by atoms with Crippen molar-refractivity contribution >= 4 is 5.91 Å². The molecule has 0 saturated carbocycles. The third-order valence-electron chi connectivity index (χ3n) is 3.62. The lowest BCUT2D eigenvalue weighted by atomic mass is 10.2. The Labute approximate surface area is 133 Å². The van der Waals surface area contributed by atoms with Gasteiger partial charge in [-0.3, -0.25) is 9.48 Å². The first-order valence-electron chi connectivity index (χ1n) is 7.49. The van der Waals surface area contributed by atoms with Crippen molar-refractivity contribution in [1.82, 2.24) is 15.1 Å². The average Bonchev–Trinajstić information content (AvgIpc) is 2.98. The molecule has 6 nitrogen and oxygen atoms in total. The average molecular weight is 319 g/mol. The number of carbonyl (C=O) groups is 1. The molecule has 0 saturated heterocycles. The van der Waals surface area contributed by atoms with Crippen LogP contribution in [-0.2, 0) is 29.1 Å². The van der Waals surface area contributed by atoms with Crippen molar-refractivity contribution in [2.75, 3.05) is 19.8 Å². The van der Waals surface area contributed by atoms with Crippen LogP contribution in [0.15, 0.2) is 30.5 Å². The zero-order valence-electron chi connectivity index (χ0n) is 12.6. The molecule has 2 aromatic rings. The van der Waals surface area contributed by atoms with Crippen molar-refractivity contribution in [3.63, 3.8) is 0 Å². The number of nitrogens with one attached hydrogen (secondary N) is 1. The van der Waals surface area contributed by atoms with Crippen molar-refractivity contribution in [2.24, 2.45) is 0 Å². The van der Waals surface area contributed by atoms with Gasteiger partial charge in [0.1, 0.15) is 0 Å². The predicted molar refractivity (Wildman–Crippen MR) is 80.5 cm³/mol. The molecule has 3 rings (SSSR count). The fraction of sp³-hybridized carbons (Fsp3) is 0.375. The molecular weight excluding hydrogens is 301 g/mol. The van der Waals surface area contributed by atoms with E-state index in [9.17, 15) is 9.18 Å². The standard InChI is InChI=1S/C16H18FN3O3/c17-13-3-1-2-4-15(13)23-11-16(21)18-6-7-20-14-5-8-22-10-12(14)9-19-20/h1-4,9H,5-8,10-11H2,(H,18,21). The Morgan fingerprint density at radius 1 is 1.43 bits per heavy atom. The van der Waals surface area contributed by atoms with Gasteiger partial charge in [0.05, 0.1) is 26.0 Å². The Morgan fingerprint density at radius 2 is 2.30 bits per heavy atom. The summed E-state index contributed by atoms with van der Waals surface area (Å²) in [6.07, 6.45) is 2.64. The fourth-order valence-electron chi connectivity index (χ4n) is 2.46. The summed E-state index contributed by atoms with van der Waals surface area (Å²) in [6.45, 7) is 2.10. The lowest BCUT2D eigenvalue weighted by molar-refractivity contribution is -0.123. The summed E-state index contributed by atoms with van der Waals surface area (Å²) in [4.78, 5) is 11.7. The van der Waals surface area contributed by atoms with E-state index in [0.717, 1.165) is 17.7 Å². The van der Waals surface area contributed by atoms with Crippen LogP contribution in [0.1, 0.15) is 11.3 Å². The van der Waals surface area contributed by atoms with E-state index in [2.05, 4.69) is 10.4 Å². The molecule has 1 aromatic carbocycles. The molecule has 1 N–H and O–H groups in total. The zero-order valence-corrected chi connectivity index (χ0v) is 12.6. The highest BCUT2D eigenvalue weighted by molar-refractivity contribution is 5.77. The molecule has 1 amide bonds. The Kier molecular flexibility index (Phi) is 4.87. The highest BCUT2D eigenvalue weighted by Gasteiger charge is 2.15. The minimum absolute atomic E-state index is 0.0730. The molecule has 2 heterocycles. The SMILES string of the molecule is O=C(COc1ccccc1F)NCCn1ncc2c1CCOC2. The van der Waals surface area contributed by atoms with Crippen LogP contribution in [0, 0.1) is 5.82 Å². The second kappa shape index (κ2) is 7.23. The molecule has 1 aliphatic heterocycles. The smallest absolute Gasteiger partial charge is 0.258 e. The monoisotopic (exact) mass is 319 g/mol. The van der Waals surface area contributed by atoms with Crippen molar-refractivity contribution in [2.45, 2.75) is 19.6 Å². The van der Waals surface area contributed by atoms with Gasteiger partial charge in [-0.05, 0) is 12.1 Å². The minimum Gasteiger partial charge on any atom is -0.481 e. The maximum Gasteiger partial charge on any atom is 0.258 e. The van der Waals surface area contributed by atoms with E-state index in [-0.39, 0.29) is 18.3 Å². The number of halogens is 1. The van der Waals surface area contributed by atoms with Crippen LogP contribution in [0.5, 0.6) is 5.75 Å². The van der Waals surface area contributed by atoms with Crippen LogP contribution in [0.4, 0.5) is 4.39 Å². The van der Waals surface area contributed by atoms with E-state index in [4.69, 9.17) is 9.47 Å². The fourth-order valence-corrected chi connectivity index (χ4v) is 2.46. The van der Waals surface area contributed by atoms with E-state index in [1.165, 1.54) is 12.1 Å². The molecule has 0 fully saturated rings. The number of ether oxygens (including phenoxy) is 2. The molecule has 0 unspecified atom stereocenters. The largest absolute Gasteiger partial charge is 0.481 e. The summed E-state index contributed by atoms with van der Waals surface area (Å²) in [7, 11) is 0. The highest BCUT2D eigenvalue weighted by Crippen LogP contribution is 2.16. The molecule has 1 aliphatic rings. The summed E-state index contributed by atoms with van der Waals surface area (Å²) >= 11 is 0. The van der Waals surface area contributed by atoms with Crippen LogP contribution in [-0.4, -0.2) is 35.4 Å². The van der Waals surface area contributed by atoms with Gasteiger partial charge in [0.15, 0.2) is 18.2 Å². The quantitative estimate of drug-likeness (QED) is 0.871. The summed E-state index contributed by atoms with van der Waals surface area (Å²) < 4.78 is 25.8. The van der Waals surface area contributed by atoms with Crippen molar-refractivity contribution in [3.8, 4) is 5.75 Å². The molecule has 1 aromatic heterocycles. The van der Waals surface area contributed by atoms with Crippen LogP contribution >= 0.6 is 0 Å². The Balaban J connectivity index is 1.43. The van der Waals surface area contributed by atoms with Gasteiger partial charge in [0.2, 0.25) is 0 Å². The number of benzene rings is 1. The summed E-state index contributed by atoms with van der Waals surface area (Å²) in [5.74, 6) is -0.702. The second-order valence-corrected chi connectivity index (χ2v) is 5.21. The van der Waals surface area contributed by atoms with Crippen molar-refractivity contribution in [3.05, 3.63) is 47.5 Å². The normalized spacial score (nSPS) is 13.4. The van der Waals surface area contributed by atoms with Crippen molar-refractivity contribution < 1.29 is 18.7 Å². The van der Waals surface area contributed by atoms with Crippen LogP contribution in [0.2, 0.25) is 0 Å². The predicted octanol–water partition coefficient (Wildman–Crippen LogP) is 1.29. The van der Waals surface area contributed by atoms with Gasteiger partial charge < -0.3 is 14.8 Å². The first-order valence-corrected chi connectivity index (χ1v) is 7.49. The lowest BCUT2D eigenvalue weighted by Gasteiger charge is -2.15. The molecule has 0 atom stereocenters. The van der Waals surface area contributed by atoms with Crippen LogP contribution in [0.3, 0.4) is 0 Å². The first kappa shape index (κ1) is 15.5. The number of rotatable bonds is 6.